The molecule has 50 heavy (non-hydrogen) atoms. The monoisotopic (exact) mass is 636 g/mol. The SMILES string of the molecule is c1ccc(C(=C(c2ccccc2)c2cccc3cccc(C(=C(c4ccccc4)c4ccccc4)c4ccccc4)c23)c2ccccc2)cc1. The first kappa shape index (κ1) is 30.8. The highest BCUT2D eigenvalue weighted by atomic mass is 14.3. The zero-order valence-corrected chi connectivity index (χ0v) is 27.8. The first-order valence-electron chi connectivity index (χ1n) is 17.2. The van der Waals surface area contributed by atoms with E-state index < -0.39 is 0 Å². The lowest BCUT2D eigenvalue weighted by Gasteiger charge is -2.23. The van der Waals surface area contributed by atoms with E-state index in [-0.39, 0.29) is 0 Å². The molecule has 0 saturated carbocycles. The molecular weight excluding hydrogens is 601 g/mol. The van der Waals surface area contributed by atoms with Gasteiger partial charge in [-0.05, 0) is 77.6 Å². The van der Waals surface area contributed by atoms with Crippen LogP contribution in [0.2, 0.25) is 0 Å². The molecule has 8 aromatic rings. The Hall–Kier alpha value is -6.50. The van der Waals surface area contributed by atoms with Crippen molar-refractivity contribution in [1.29, 1.82) is 0 Å². The van der Waals surface area contributed by atoms with Gasteiger partial charge in [-0.3, -0.25) is 0 Å². The van der Waals surface area contributed by atoms with E-state index in [1.807, 2.05) is 0 Å². The lowest BCUT2D eigenvalue weighted by atomic mass is 9.80. The fourth-order valence-corrected chi connectivity index (χ4v) is 7.17. The van der Waals surface area contributed by atoms with Crippen LogP contribution in [0.15, 0.2) is 218 Å². The van der Waals surface area contributed by atoms with E-state index in [1.165, 1.54) is 77.6 Å². The Morgan fingerprint density at radius 1 is 0.200 bits per heavy atom. The summed E-state index contributed by atoms with van der Waals surface area (Å²) in [5.41, 5.74) is 14.3. The molecule has 0 heteroatoms. The van der Waals surface area contributed by atoms with Gasteiger partial charge in [0, 0.05) is 0 Å². The van der Waals surface area contributed by atoms with Gasteiger partial charge in [0.1, 0.15) is 0 Å². The molecule has 0 bridgehead atoms. The Morgan fingerprint density at radius 2 is 0.440 bits per heavy atom. The lowest BCUT2D eigenvalue weighted by Crippen LogP contribution is -2.02. The molecule has 0 spiro atoms. The van der Waals surface area contributed by atoms with Crippen molar-refractivity contribution in [2.75, 3.05) is 0 Å². The van der Waals surface area contributed by atoms with Crippen molar-refractivity contribution < 1.29 is 0 Å². The zero-order valence-electron chi connectivity index (χ0n) is 27.8. The first-order chi connectivity index (χ1) is 24.9. The highest BCUT2D eigenvalue weighted by molar-refractivity contribution is 6.16. The maximum Gasteiger partial charge on any atom is -0.00204 e. The summed E-state index contributed by atoms with van der Waals surface area (Å²) in [5, 5.41) is 2.42. The minimum Gasteiger partial charge on any atom is -0.0622 e. The standard InChI is InChI=1S/C50H36/c1-7-21-37(22-8-1)46(38-23-9-2-10-24-38)49(42-29-15-5-16-30-42)44-35-19-33-41-34-20-36-45(48(41)44)50(43-31-17-6-18-32-43)47(39-25-11-3-12-26-39)40-27-13-4-14-28-40/h1-36H. The lowest BCUT2D eigenvalue weighted by molar-refractivity contribution is 1.50. The minimum absolute atomic E-state index is 1.18. The molecule has 0 radical (unpaired) electrons. The minimum atomic E-state index is 1.18. The van der Waals surface area contributed by atoms with E-state index in [2.05, 4.69) is 218 Å². The van der Waals surface area contributed by atoms with Crippen molar-refractivity contribution in [3.63, 3.8) is 0 Å². The van der Waals surface area contributed by atoms with Crippen LogP contribution in [-0.2, 0) is 0 Å². The van der Waals surface area contributed by atoms with E-state index in [0.717, 1.165) is 0 Å². The van der Waals surface area contributed by atoms with Gasteiger partial charge in [-0.15, -0.1) is 0 Å². The summed E-state index contributed by atoms with van der Waals surface area (Å²) in [7, 11) is 0. The van der Waals surface area contributed by atoms with E-state index in [1.54, 1.807) is 0 Å². The van der Waals surface area contributed by atoms with Gasteiger partial charge < -0.3 is 0 Å². The average Bonchev–Trinajstić information content (AvgIpc) is 3.20. The molecule has 0 fully saturated rings. The van der Waals surface area contributed by atoms with Crippen molar-refractivity contribution >= 4 is 33.1 Å². The van der Waals surface area contributed by atoms with Crippen molar-refractivity contribution in [1.82, 2.24) is 0 Å². The number of fused-ring (bicyclic) bond motifs is 1. The fourth-order valence-electron chi connectivity index (χ4n) is 7.17. The van der Waals surface area contributed by atoms with Crippen LogP contribution in [0.4, 0.5) is 0 Å². The van der Waals surface area contributed by atoms with Crippen LogP contribution >= 0.6 is 0 Å². The maximum atomic E-state index is 2.31. The molecule has 8 aromatic carbocycles. The van der Waals surface area contributed by atoms with Crippen molar-refractivity contribution in [3.8, 4) is 0 Å². The Bertz CT molecular complexity index is 2150. The Balaban J connectivity index is 1.56. The van der Waals surface area contributed by atoms with Gasteiger partial charge in [-0.2, -0.15) is 0 Å². The van der Waals surface area contributed by atoms with Crippen LogP contribution < -0.4 is 0 Å². The fraction of sp³-hybridized carbons (Fsp3) is 0. The summed E-state index contributed by atoms with van der Waals surface area (Å²) in [5.74, 6) is 0. The van der Waals surface area contributed by atoms with Gasteiger partial charge in [-0.25, -0.2) is 0 Å². The summed E-state index contributed by atoms with van der Waals surface area (Å²) in [6.45, 7) is 0. The predicted octanol–water partition coefficient (Wildman–Crippen LogP) is 12.9. The molecule has 0 saturated heterocycles. The third-order valence-corrected chi connectivity index (χ3v) is 9.32. The van der Waals surface area contributed by atoms with Crippen LogP contribution in [-0.4, -0.2) is 0 Å². The van der Waals surface area contributed by atoms with Gasteiger partial charge in [0.25, 0.3) is 0 Å². The summed E-state index contributed by atoms with van der Waals surface area (Å²) in [6.07, 6.45) is 0. The Kier molecular flexibility index (Phi) is 8.82. The van der Waals surface area contributed by atoms with Crippen LogP contribution in [0.5, 0.6) is 0 Å². The molecule has 8 rings (SSSR count). The highest BCUT2D eigenvalue weighted by Crippen LogP contribution is 2.44. The molecule has 0 nitrogen and oxygen atoms in total. The number of hydrogen-bond acceptors (Lipinski definition) is 0. The Labute approximate surface area is 295 Å². The summed E-state index contributed by atoms with van der Waals surface area (Å²) in [6, 6.07) is 78.6. The third-order valence-electron chi connectivity index (χ3n) is 9.32. The molecule has 0 amide bonds. The average molecular weight is 637 g/mol. The smallest absolute Gasteiger partial charge is 0.00204 e. The van der Waals surface area contributed by atoms with Gasteiger partial charge in [-0.1, -0.05) is 218 Å². The summed E-state index contributed by atoms with van der Waals surface area (Å²) >= 11 is 0. The largest absolute Gasteiger partial charge is 0.0622 e. The Morgan fingerprint density at radius 3 is 0.700 bits per heavy atom. The van der Waals surface area contributed by atoms with Gasteiger partial charge in [0.15, 0.2) is 0 Å². The highest BCUT2D eigenvalue weighted by Gasteiger charge is 2.23. The molecule has 0 unspecified atom stereocenters. The van der Waals surface area contributed by atoms with Crippen LogP contribution in [0.3, 0.4) is 0 Å². The number of hydrogen-bond donors (Lipinski definition) is 0. The van der Waals surface area contributed by atoms with Crippen molar-refractivity contribution in [3.05, 3.63) is 263 Å². The van der Waals surface area contributed by atoms with E-state index in [9.17, 15) is 0 Å². The normalized spacial score (nSPS) is 10.8. The molecular formula is C50H36. The zero-order chi connectivity index (χ0) is 33.5. The molecule has 236 valence electrons. The molecule has 0 heterocycles. The summed E-state index contributed by atoms with van der Waals surface area (Å²) in [4.78, 5) is 0. The topological polar surface area (TPSA) is 0 Å². The third kappa shape index (κ3) is 6.12. The van der Waals surface area contributed by atoms with Crippen molar-refractivity contribution in [2.45, 2.75) is 0 Å². The first-order valence-corrected chi connectivity index (χ1v) is 17.2. The van der Waals surface area contributed by atoms with Crippen LogP contribution in [0.1, 0.15) is 44.5 Å². The maximum absolute atomic E-state index is 2.31. The number of benzene rings is 8. The molecule has 0 N–H and O–H groups in total. The molecule has 0 aliphatic heterocycles. The van der Waals surface area contributed by atoms with E-state index in [0.29, 0.717) is 0 Å². The second-order valence-electron chi connectivity index (χ2n) is 12.4. The molecule has 0 aliphatic carbocycles. The molecule has 0 aliphatic rings. The van der Waals surface area contributed by atoms with Crippen LogP contribution in [0.25, 0.3) is 33.1 Å². The quantitative estimate of drug-likeness (QED) is 0.146. The molecule has 0 aromatic heterocycles. The van der Waals surface area contributed by atoms with Gasteiger partial charge in [0.05, 0.1) is 0 Å². The number of rotatable bonds is 8. The second kappa shape index (κ2) is 14.3. The summed E-state index contributed by atoms with van der Waals surface area (Å²) < 4.78 is 0. The van der Waals surface area contributed by atoms with E-state index >= 15 is 0 Å². The van der Waals surface area contributed by atoms with E-state index in [4.69, 9.17) is 0 Å². The second-order valence-corrected chi connectivity index (χ2v) is 12.4. The van der Waals surface area contributed by atoms with Crippen molar-refractivity contribution in [2.24, 2.45) is 0 Å². The van der Waals surface area contributed by atoms with Gasteiger partial charge >= 0.3 is 0 Å². The molecule has 0 atom stereocenters. The van der Waals surface area contributed by atoms with Gasteiger partial charge in [0.2, 0.25) is 0 Å². The van der Waals surface area contributed by atoms with Crippen LogP contribution in [0, 0.1) is 0 Å². The predicted molar refractivity (Wildman–Crippen MR) is 213 cm³/mol.